The molecule has 0 saturated heterocycles. The summed E-state index contributed by atoms with van der Waals surface area (Å²) in [6, 6.07) is 3.38. The Kier molecular flexibility index (Phi) is 6.27. The second kappa shape index (κ2) is 7.72. The van der Waals surface area contributed by atoms with E-state index in [0.29, 0.717) is 16.5 Å². The van der Waals surface area contributed by atoms with Gasteiger partial charge in [0.2, 0.25) is 11.8 Å². The Balaban J connectivity index is 2.61. The molecule has 0 atom stereocenters. The molecule has 0 aliphatic rings. The predicted octanol–water partition coefficient (Wildman–Crippen LogP) is 1.06. The summed E-state index contributed by atoms with van der Waals surface area (Å²) in [4.78, 5) is 22.7. The molecule has 20 heavy (non-hydrogen) atoms. The lowest BCUT2D eigenvalue weighted by Crippen LogP contribution is -2.32. The summed E-state index contributed by atoms with van der Waals surface area (Å²) in [5.74, 6) is -0.0417. The topological polar surface area (TPSA) is 93.5 Å². The summed E-state index contributed by atoms with van der Waals surface area (Å²) >= 11 is 5.98. The number of carbonyl (C=O) groups is 2. The first-order valence-corrected chi connectivity index (χ1v) is 6.46. The second-order valence-electron chi connectivity index (χ2n) is 4.15. The fourth-order valence-corrected chi connectivity index (χ4v) is 1.68. The number of methoxy groups -OCH3 is 1. The fourth-order valence-electron chi connectivity index (χ4n) is 1.53. The van der Waals surface area contributed by atoms with Crippen LogP contribution in [0.2, 0.25) is 5.02 Å². The Bertz CT molecular complexity index is 506. The summed E-state index contributed by atoms with van der Waals surface area (Å²) in [5, 5.41) is 5.80. The van der Waals surface area contributed by atoms with E-state index in [9.17, 15) is 9.59 Å². The van der Waals surface area contributed by atoms with Gasteiger partial charge in [0.15, 0.2) is 0 Å². The van der Waals surface area contributed by atoms with Gasteiger partial charge in [-0.3, -0.25) is 9.59 Å². The fraction of sp³-hybridized carbons (Fsp3) is 0.385. The minimum absolute atomic E-state index is 0.0914. The van der Waals surface area contributed by atoms with E-state index >= 15 is 0 Å². The molecule has 0 aliphatic heterocycles. The van der Waals surface area contributed by atoms with Crippen LogP contribution in [-0.4, -0.2) is 32.0 Å². The lowest BCUT2D eigenvalue weighted by atomic mass is 10.2. The van der Waals surface area contributed by atoms with Crippen molar-refractivity contribution in [1.29, 1.82) is 0 Å². The Morgan fingerprint density at radius 3 is 2.65 bits per heavy atom. The number of carbonyl (C=O) groups excluding carboxylic acids is 2. The zero-order valence-corrected chi connectivity index (χ0v) is 12.2. The highest BCUT2D eigenvalue weighted by atomic mass is 35.5. The molecule has 0 bridgehead atoms. The Hall–Kier alpha value is -1.79. The van der Waals surface area contributed by atoms with Crippen LogP contribution in [0.4, 0.5) is 5.69 Å². The summed E-state index contributed by atoms with van der Waals surface area (Å²) in [7, 11) is 1.50. The normalized spacial score (nSPS) is 10.0. The van der Waals surface area contributed by atoms with Crippen molar-refractivity contribution in [3.8, 4) is 5.75 Å². The van der Waals surface area contributed by atoms with Gasteiger partial charge in [0, 0.05) is 24.1 Å². The lowest BCUT2D eigenvalue weighted by molar-refractivity contribution is -0.120. The van der Waals surface area contributed by atoms with Gasteiger partial charge in [-0.15, -0.1) is 0 Å². The van der Waals surface area contributed by atoms with Crippen LogP contribution in [0.1, 0.15) is 12.0 Å². The first-order chi connectivity index (χ1) is 9.47. The number of nitrogens with two attached hydrogens (primary N) is 1. The van der Waals surface area contributed by atoms with E-state index in [4.69, 9.17) is 22.1 Å². The highest BCUT2D eigenvalue weighted by Gasteiger charge is 2.10. The Labute approximate surface area is 122 Å². The molecular formula is C13H18ClN3O3. The number of benzene rings is 1. The first kappa shape index (κ1) is 16.3. The first-order valence-electron chi connectivity index (χ1n) is 6.08. The van der Waals surface area contributed by atoms with Crippen LogP contribution in [-0.2, 0) is 9.59 Å². The quantitative estimate of drug-likeness (QED) is 0.732. The average Bonchev–Trinajstić information content (AvgIpc) is 2.42. The highest BCUT2D eigenvalue weighted by Crippen LogP contribution is 2.30. The van der Waals surface area contributed by atoms with Crippen molar-refractivity contribution < 1.29 is 14.3 Å². The highest BCUT2D eigenvalue weighted by molar-refractivity contribution is 6.31. The number of anilines is 1. The number of ether oxygens (including phenoxy) is 1. The summed E-state index contributed by atoms with van der Waals surface area (Å²) in [6.07, 6.45) is 0.149. The van der Waals surface area contributed by atoms with Crippen molar-refractivity contribution >= 4 is 29.1 Å². The molecule has 0 saturated carbocycles. The molecule has 0 aliphatic carbocycles. The maximum atomic E-state index is 11.8. The molecule has 1 rings (SSSR count). The number of halogens is 1. The molecule has 6 nitrogen and oxygen atoms in total. The molecular weight excluding hydrogens is 282 g/mol. The van der Waals surface area contributed by atoms with Gasteiger partial charge in [-0.05, 0) is 18.6 Å². The number of hydrogen-bond acceptors (Lipinski definition) is 4. The summed E-state index contributed by atoms with van der Waals surface area (Å²) in [5.41, 5.74) is 6.52. The number of amides is 2. The molecule has 0 spiro atoms. The predicted molar refractivity (Wildman–Crippen MR) is 78.1 cm³/mol. The Morgan fingerprint density at radius 1 is 1.35 bits per heavy atom. The van der Waals surface area contributed by atoms with Crippen LogP contribution in [0.5, 0.6) is 5.75 Å². The minimum Gasteiger partial charge on any atom is -0.495 e. The van der Waals surface area contributed by atoms with Crippen LogP contribution in [0.3, 0.4) is 0 Å². The largest absolute Gasteiger partial charge is 0.495 e. The van der Waals surface area contributed by atoms with E-state index in [2.05, 4.69) is 10.6 Å². The maximum Gasteiger partial charge on any atom is 0.233 e. The molecule has 0 aromatic heterocycles. The van der Waals surface area contributed by atoms with E-state index in [1.54, 1.807) is 12.1 Å². The number of hydrogen-bond donors (Lipinski definition) is 3. The Morgan fingerprint density at radius 2 is 2.05 bits per heavy atom. The molecule has 0 unspecified atom stereocenters. The van der Waals surface area contributed by atoms with Crippen molar-refractivity contribution in [2.45, 2.75) is 13.3 Å². The average molecular weight is 300 g/mol. The van der Waals surface area contributed by atoms with E-state index in [0.717, 1.165) is 5.56 Å². The molecule has 110 valence electrons. The molecule has 1 aromatic carbocycles. The van der Waals surface area contributed by atoms with E-state index < -0.39 is 0 Å². The van der Waals surface area contributed by atoms with Gasteiger partial charge < -0.3 is 21.1 Å². The van der Waals surface area contributed by atoms with Gasteiger partial charge >= 0.3 is 0 Å². The van der Waals surface area contributed by atoms with Gasteiger partial charge in [0.05, 0.1) is 19.3 Å². The van der Waals surface area contributed by atoms with Crippen LogP contribution >= 0.6 is 11.6 Å². The third kappa shape index (κ3) is 4.71. The molecule has 0 radical (unpaired) electrons. The van der Waals surface area contributed by atoms with Crippen LogP contribution in [0.25, 0.3) is 0 Å². The summed E-state index contributed by atoms with van der Waals surface area (Å²) < 4.78 is 5.16. The maximum absolute atomic E-state index is 11.8. The molecule has 0 heterocycles. The summed E-state index contributed by atoms with van der Waals surface area (Å²) in [6.45, 7) is 1.97. The SMILES string of the molecule is COc1cc(Cl)c(C)cc1NC(=O)CCNC(=O)CN. The number of rotatable bonds is 6. The van der Waals surface area contributed by atoms with Crippen LogP contribution < -0.4 is 21.1 Å². The smallest absolute Gasteiger partial charge is 0.233 e. The number of nitrogens with one attached hydrogen (secondary N) is 2. The molecule has 7 heteroatoms. The molecule has 4 N–H and O–H groups in total. The zero-order valence-electron chi connectivity index (χ0n) is 11.5. The van der Waals surface area contributed by atoms with Gasteiger partial charge in [-0.25, -0.2) is 0 Å². The molecule has 1 aromatic rings. The van der Waals surface area contributed by atoms with Crippen LogP contribution in [0, 0.1) is 6.92 Å². The third-order valence-corrected chi connectivity index (χ3v) is 3.02. The second-order valence-corrected chi connectivity index (χ2v) is 4.56. The number of aryl methyl sites for hydroxylation is 1. The minimum atomic E-state index is -0.294. The van der Waals surface area contributed by atoms with Gasteiger partial charge in [0.25, 0.3) is 0 Å². The monoisotopic (exact) mass is 299 g/mol. The third-order valence-electron chi connectivity index (χ3n) is 2.61. The van der Waals surface area contributed by atoms with Crippen molar-refractivity contribution in [2.75, 3.05) is 25.5 Å². The van der Waals surface area contributed by atoms with Gasteiger partial charge in [-0.2, -0.15) is 0 Å². The van der Waals surface area contributed by atoms with Crippen molar-refractivity contribution in [2.24, 2.45) is 5.73 Å². The molecule has 0 fully saturated rings. The van der Waals surface area contributed by atoms with Gasteiger partial charge in [0.1, 0.15) is 5.75 Å². The van der Waals surface area contributed by atoms with Crippen LogP contribution in [0.15, 0.2) is 12.1 Å². The lowest BCUT2D eigenvalue weighted by Gasteiger charge is -2.12. The van der Waals surface area contributed by atoms with E-state index in [1.165, 1.54) is 7.11 Å². The zero-order chi connectivity index (χ0) is 15.1. The van der Waals surface area contributed by atoms with E-state index in [-0.39, 0.29) is 31.3 Å². The van der Waals surface area contributed by atoms with Gasteiger partial charge in [-0.1, -0.05) is 11.6 Å². The molecule has 2 amide bonds. The van der Waals surface area contributed by atoms with E-state index in [1.807, 2.05) is 6.92 Å². The van der Waals surface area contributed by atoms with Crippen molar-refractivity contribution in [1.82, 2.24) is 5.32 Å². The standard InChI is InChI=1S/C13H18ClN3O3/c1-8-5-10(11(20-2)6-9(8)14)17-12(18)3-4-16-13(19)7-15/h5-6H,3-4,7,15H2,1-2H3,(H,16,19)(H,17,18). The van der Waals surface area contributed by atoms with Crippen molar-refractivity contribution in [3.63, 3.8) is 0 Å². The van der Waals surface area contributed by atoms with Crippen molar-refractivity contribution in [3.05, 3.63) is 22.7 Å².